The summed E-state index contributed by atoms with van der Waals surface area (Å²) in [5.41, 5.74) is 1.07. The number of rotatable bonds is 5. The highest BCUT2D eigenvalue weighted by atomic mass is 16.5. The van der Waals surface area contributed by atoms with Gasteiger partial charge in [-0.3, -0.25) is 0 Å². The molecule has 2 rings (SSSR count). The second-order valence-corrected chi connectivity index (χ2v) is 4.46. The van der Waals surface area contributed by atoms with Gasteiger partial charge in [-0.2, -0.15) is 0 Å². The minimum Gasteiger partial charge on any atom is -0.508 e. The van der Waals surface area contributed by atoms with Crippen LogP contribution in [0.4, 0.5) is 0 Å². The lowest BCUT2D eigenvalue weighted by Crippen LogP contribution is -2.28. The number of benzene rings is 1. The van der Waals surface area contributed by atoms with Crippen LogP contribution in [0, 0.1) is 0 Å². The summed E-state index contributed by atoms with van der Waals surface area (Å²) in [6.45, 7) is 1.32. The fraction of sp³-hybridized carbons (Fsp3) is 0.462. The predicted octanol–water partition coefficient (Wildman–Crippen LogP) is 1.11. The Morgan fingerprint density at radius 2 is 2.06 bits per heavy atom. The van der Waals surface area contributed by atoms with Crippen LogP contribution in [0.3, 0.4) is 0 Å². The van der Waals surface area contributed by atoms with Crippen molar-refractivity contribution in [3.63, 3.8) is 0 Å². The molecule has 0 aliphatic carbocycles. The molecule has 1 heterocycles. The third-order valence-corrected chi connectivity index (χ3v) is 3.02. The van der Waals surface area contributed by atoms with Crippen molar-refractivity contribution in [2.24, 2.45) is 0 Å². The first kappa shape index (κ1) is 12.9. The zero-order valence-electron chi connectivity index (χ0n) is 10.0. The van der Waals surface area contributed by atoms with E-state index in [-0.39, 0.29) is 11.9 Å². The molecule has 98 valence electrons. The minimum absolute atomic E-state index is 0.0248. The fourth-order valence-corrected chi connectivity index (χ4v) is 2.03. The molecule has 18 heavy (non-hydrogen) atoms. The number of carboxylic acids is 1. The summed E-state index contributed by atoms with van der Waals surface area (Å²) in [6.07, 6.45) is 0.689. The first-order valence-corrected chi connectivity index (χ1v) is 6.02. The largest absolute Gasteiger partial charge is 0.508 e. The van der Waals surface area contributed by atoms with Gasteiger partial charge in [0, 0.05) is 13.1 Å². The van der Waals surface area contributed by atoms with Gasteiger partial charge in [-0.1, -0.05) is 12.1 Å². The summed E-state index contributed by atoms with van der Waals surface area (Å²) in [7, 11) is 0. The second-order valence-electron chi connectivity index (χ2n) is 4.46. The number of carbonyl (C=O) groups is 1. The van der Waals surface area contributed by atoms with Crippen LogP contribution < -0.4 is 5.32 Å². The van der Waals surface area contributed by atoms with Gasteiger partial charge < -0.3 is 20.3 Å². The minimum atomic E-state index is -0.879. The molecule has 0 radical (unpaired) electrons. The van der Waals surface area contributed by atoms with E-state index in [4.69, 9.17) is 14.9 Å². The van der Waals surface area contributed by atoms with Crippen LogP contribution in [0.5, 0.6) is 5.75 Å². The molecule has 1 saturated heterocycles. The number of phenols is 1. The van der Waals surface area contributed by atoms with Crippen LogP contribution in [0.2, 0.25) is 0 Å². The molecule has 2 atom stereocenters. The average molecular weight is 251 g/mol. The van der Waals surface area contributed by atoms with E-state index in [1.54, 1.807) is 12.1 Å². The predicted molar refractivity (Wildman–Crippen MR) is 65.3 cm³/mol. The van der Waals surface area contributed by atoms with E-state index in [0.29, 0.717) is 19.5 Å². The van der Waals surface area contributed by atoms with Crippen LogP contribution in [-0.4, -0.2) is 34.9 Å². The van der Waals surface area contributed by atoms with E-state index in [9.17, 15) is 4.79 Å². The molecule has 1 aromatic carbocycles. The average Bonchev–Trinajstić information content (AvgIpc) is 2.81. The number of nitrogens with one attached hydrogen (secondary N) is 1. The first-order chi connectivity index (χ1) is 8.65. The SMILES string of the molecule is O=C(O)C1CCC(CNCc2ccc(O)cc2)O1. The summed E-state index contributed by atoms with van der Waals surface area (Å²) in [6, 6.07) is 6.98. The van der Waals surface area contributed by atoms with Gasteiger partial charge in [0.1, 0.15) is 5.75 Å². The number of hydrogen-bond donors (Lipinski definition) is 3. The Labute approximate surface area is 105 Å². The Balaban J connectivity index is 1.70. The second kappa shape index (κ2) is 5.84. The summed E-state index contributed by atoms with van der Waals surface area (Å²) in [5, 5.41) is 21.2. The molecule has 5 heteroatoms. The fourth-order valence-electron chi connectivity index (χ4n) is 2.03. The zero-order chi connectivity index (χ0) is 13.0. The maximum atomic E-state index is 10.7. The molecule has 0 saturated carbocycles. The summed E-state index contributed by atoms with van der Waals surface area (Å²) in [5.74, 6) is -0.627. The van der Waals surface area contributed by atoms with Gasteiger partial charge in [-0.25, -0.2) is 4.79 Å². The van der Waals surface area contributed by atoms with Crippen molar-refractivity contribution in [3.8, 4) is 5.75 Å². The maximum Gasteiger partial charge on any atom is 0.332 e. The van der Waals surface area contributed by atoms with Gasteiger partial charge in [-0.05, 0) is 30.5 Å². The van der Waals surface area contributed by atoms with Crippen LogP contribution >= 0.6 is 0 Å². The van der Waals surface area contributed by atoms with E-state index < -0.39 is 12.1 Å². The molecule has 1 fully saturated rings. The Morgan fingerprint density at radius 1 is 1.33 bits per heavy atom. The van der Waals surface area contributed by atoms with Gasteiger partial charge in [0.05, 0.1) is 6.10 Å². The number of phenolic OH excluding ortho intramolecular Hbond substituents is 1. The smallest absolute Gasteiger partial charge is 0.332 e. The Hall–Kier alpha value is -1.59. The van der Waals surface area contributed by atoms with Crippen molar-refractivity contribution in [3.05, 3.63) is 29.8 Å². The summed E-state index contributed by atoms with van der Waals surface area (Å²) in [4.78, 5) is 10.7. The summed E-state index contributed by atoms with van der Waals surface area (Å²) >= 11 is 0. The normalized spacial score (nSPS) is 23.1. The molecule has 1 aliphatic rings. The van der Waals surface area contributed by atoms with Crippen molar-refractivity contribution < 1.29 is 19.7 Å². The maximum absolute atomic E-state index is 10.7. The monoisotopic (exact) mass is 251 g/mol. The molecular weight excluding hydrogens is 234 g/mol. The quantitative estimate of drug-likeness (QED) is 0.730. The lowest BCUT2D eigenvalue weighted by molar-refractivity contribution is -0.149. The number of aliphatic carboxylic acids is 1. The summed E-state index contributed by atoms with van der Waals surface area (Å²) < 4.78 is 5.38. The Kier molecular flexibility index (Phi) is 4.17. The first-order valence-electron chi connectivity index (χ1n) is 6.02. The van der Waals surface area contributed by atoms with E-state index in [1.807, 2.05) is 12.1 Å². The van der Waals surface area contributed by atoms with E-state index in [2.05, 4.69) is 5.32 Å². The van der Waals surface area contributed by atoms with Gasteiger partial charge in [-0.15, -0.1) is 0 Å². The highest BCUT2D eigenvalue weighted by Gasteiger charge is 2.29. The lowest BCUT2D eigenvalue weighted by Gasteiger charge is -2.12. The number of aromatic hydroxyl groups is 1. The third kappa shape index (κ3) is 3.45. The van der Waals surface area contributed by atoms with Crippen LogP contribution in [-0.2, 0) is 16.1 Å². The molecule has 1 aliphatic heterocycles. The standard InChI is InChI=1S/C13H17NO4/c15-10-3-1-9(2-4-10)7-14-8-11-5-6-12(18-11)13(16)17/h1-4,11-12,14-15H,5-8H2,(H,16,17). The number of carboxylic acid groups (broad SMARTS) is 1. The van der Waals surface area contributed by atoms with Crippen molar-refractivity contribution in [2.45, 2.75) is 31.6 Å². The lowest BCUT2D eigenvalue weighted by atomic mass is 10.2. The molecule has 2 unspecified atom stereocenters. The van der Waals surface area contributed by atoms with E-state index in [0.717, 1.165) is 12.0 Å². The Bertz CT molecular complexity index is 404. The van der Waals surface area contributed by atoms with Gasteiger partial charge in [0.15, 0.2) is 6.10 Å². The van der Waals surface area contributed by atoms with Crippen molar-refractivity contribution in [2.75, 3.05) is 6.54 Å². The molecule has 3 N–H and O–H groups in total. The van der Waals surface area contributed by atoms with Gasteiger partial charge in [0.25, 0.3) is 0 Å². The topological polar surface area (TPSA) is 78.8 Å². The molecule has 0 spiro atoms. The molecule has 5 nitrogen and oxygen atoms in total. The zero-order valence-corrected chi connectivity index (χ0v) is 10.0. The van der Waals surface area contributed by atoms with Crippen LogP contribution in [0.25, 0.3) is 0 Å². The highest BCUT2D eigenvalue weighted by Crippen LogP contribution is 2.19. The number of hydrogen-bond acceptors (Lipinski definition) is 4. The molecule has 0 amide bonds. The molecule has 1 aromatic rings. The van der Waals surface area contributed by atoms with Gasteiger partial charge >= 0.3 is 5.97 Å². The van der Waals surface area contributed by atoms with Crippen molar-refractivity contribution >= 4 is 5.97 Å². The van der Waals surface area contributed by atoms with Crippen LogP contribution in [0.15, 0.2) is 24.3 Å². The highest BCUT2D eigenvalue weighted by molar-refractivity contribution is 5.72. The van der Waals surface area contributed by atoms with Gasteiger partial charge in [0.2, 0.25) is 0 Å². The Morgan fingerprint density at radius 3 is 2.67 bits per heavy atom. The molecular formula is C13H17NO4. The van der Waals surface area contributed by atoms with E-state index in [1.165, 1.54) is 0 Å². The molecule has 0 aromatic heterocycles. The number of ether oxygens (including phenoxy) is 1. The van der Waals surface area contributed by atoms with E-state index >= 15 is 0 Å². The molecule has 0 bridgehead atoms. The third-order valence-electron chi connectivity index (χ3n) is 3.02. The van der Waals surface area contributed by atoms with Crippen LogP contribution in [0.1, 0.15) is 18.4 Å². The van der Waals surface area contributed by atoms with Crippen molar-refractivity contribution in [1.82, 2.24) is 5.32 Å². The van der Waals surface area contributed by atoms with Crippen molar-refractivity contribution in [1.29, 1.82) is 0 Å².